The van der Waals surface area contributed by atoms with Crippen LogP contribution >= 0.6 is 15.9 Å². The molecule has 1 N–H and O–H groups in total. The molecule has 0 saturated carbocycles. The molecule has 1 amide bonds. The van der Waals surface area contributed by atoms with Gasteiger partial charge in [-0.05, 0) is 5.92 Å². The molecule has 90 valence electrons. The number of hydrogen-bond acceptors (Lipinski definition) is 3. The van der Waals surface area contributed by atoms with Gasteiger partial charge in [0.05, 0.1) is 13.2 Å². The van der Waals surface area contributed by atoms with E-state index in [9.17, 15) is 4.79 Å². The largest absolute Gasteiger partial charge is 0.382 e. The zero-order valence-electron chi connectivity index (χ0n) is 9.59. The van der Waals surface area contributed by atoms with Crippen molar-refractivity contribution in [3.05, 3.63) is 0 Å². The van der Waals surface area contributed by atoms with Gasteiger partial charge in [0, 0.05) is 18.5 Å². The average molecular weight is 282 g/mol. The van der Waals surface area contributed by atoms with Crippen LogP contribution in [0.2, 0.25) is 0 Å². The Labute approximate surface area is 99.8 Å². The highest BCUT2D eigenvalue weighted by molar-refractivity contribution is 9.09. The van der Waals surface area contributed by atoms with Gasteiger partial charge in [0.2, 0.25) is 5.91 Å². The van der Waals surface area contributed by atoms with E-state index in [-0.39, 0.29) is 12.5 Å². The maximum atomic E-state index is 11.2. The molecule has 0 rings (SSSR count). The van der Waals surface area contributed by atoms with Crippen LogP contribution in [0.25, 0.3) is 0 Å². The quantitative estimate of drug-likeness (QED) is 0.537. The fraction of sp³-hybridized carbons (Fsp3) is 0.900. The van der Waals surface area contributed by atoms with Crippen molar-refractivity contribution < 1.29 is 14.3 Å². The van der Waals surface area contributed by atoms with Crippen molar-refractivity contribution in [1.82, 2.24) is 5.32 Å². The van der Waals surface area contributed by atoms with Crippen LogP contribution in [0.4, 0.5) is 0 Å². The third-order valence-electron chi connectivity index (χ3n) is 1.88. The van der Waals surface area contributed by atoms with Crippen LogP contribution in [-0.4, -0.2) is 44.2 Å². The molecule has 0 aliphatic heterocycles. The van der Waals surface area contributed by atoms with Gasteiger partial charge in [-0.15, -0.1) is 0 Å². The Balaban J connectivity index is 3.41. The lowest BCUT2D eigenvalue weighted by atomic mass is 10.1. The lowest BCUT2D eigenvalue weighted by molar-refractivity contribution is -0.126. The first kappa shape index (κ1) is 14.9. The van der Waals surface area contributed by atoms with E-state index in [4.69, 9.17) is 9.47 Å². The van der Waals surface area contributed by atoms with Crippen molar-refractivity contribution in [1.29, 1.82) is 0 Å². The van der Waals surface area contributed by atoms with Gasteiger partial charge in [-0.3, -0.25) is 4.79 Å². The molecule has 5 heteroatoms. The Morgan fingerprint density at radius 2 is 2.07 bits per heavy atom. The van der Waals surface area contributed by atoms with Gasteiger partial charge in [0.25, 0.3) is 0 Å². The Bertz CT molecular complexity index is 176. The van der Waals surface area contributed by atoms with E-state index in [1.165, 1.54) is 0 Å². The van der Waals surface area contributed by atoms with Crippen LogP contribution in [0.1, 0.15) is 13.8 Å². The van der Waals surface area contributed by atoms with Crippen molar-refractivity contribution in [2.45, 2.75) is 18.7 Å². The lowest BCUT2D eigenvalue weighted by Crippen LogP contribution is -2.34. The second-order valence-corrected chi connectivity index (χ2v) is 4.79. The van der Waals surface area contributed by atoms with Crippen LogP contribution in [0.5, 0.6) is 0 Å². The summed E-state index contributed by atoms with van der Waals surface area (Å²) in [6.45, 7) is 5.89. The molecule has 1 atom stereocenters. The molecule has 0 fully saturated rings. The highest BCUT2D eigenvalue weighted by Crippen LogP contribution is 2.09. The van der Waals surface area contributed by atoms with Crippen LogP contribution in [0.15, 0.2) is 0 Å². The number of nitrogens with one attached hydrogen (secondary N) is 1. The summed E-state index contributed by atoms with van der Waals surface area (Å²) in [4.78, 5) is 11.5. The van der Waals surface area contributed by atoms with Gasteiger partial charge in [-0.25, -0.2) is 0 Å². The Hall–Kier alpha value is -0.130. The first-order valence-corrected chi connectivity index (χ1v) is 5.97. The van der Waals surface area contributed by atoms with Crippen LogP contribution in [-0.2, 0) is 14.3 Å². The molecule has 0 aliphatic carbocycles. The van der Waals surface area contributed by atoms with Gasteiger partial charge in [0.15, 0.2) is 0 Å². The summed E-state index contributed by atoms with van der Waals surface area (Å²) in [6.07, 6.45) is 0. The van der Waals surface area contributed by atoms with Gasteiger partial charge in [-0.1, -0.05) is 29.8 Å². The summed E-state index contributed by atoms with van der Waals surface area (Å²) >= 11 is 3.49. The molecule has 0 aliphatic rings. The van der Waals surface area contributed by atoms with E-state index in [0.29, 0.717) is 30.5 Å². The van der Waals surface area contributed by atoms with Crippen molar-refractivity contribution in [3.63, 3.8) is 0 Å². The van der Waals surface area contributed by atoms with E-state index >= 15 is 0 Å². The fourth-order valence-corrected chi connectivity index (χ4v) is 0.967. The second kappa shape index (κ2) is 9.12. The van der Waals surface area contributed by atoms with Crippen molar-refractivity contribution >= 4 is 21.8 Å². The highest BCUT2D eigenvalue weighted by atomic mass is 79.9. The number of ether oxygens (including phenoxy) is 2. The molecule has 1 unspecified atom stereocenters. The number of rotatable bonds is 8. The molecular weight excluding hydrogens is 262 g/mol. The summed E-state index contributed by atoms with van der Waals surface area (Å²) in [6, 6.07) is 0. The van der Waals surface area contributed by atoms with Crippen molar-refractivity contribution in [2.75, 3.05) is 33.5 Å². The molecule has 0 aromatic carbocycles. The second-order valence-electron chi connectivity index (χ2n) is 3.61. The van der Waals surface area contributed by atoms with Crippen molar-refractivity contribution in [3.8, 4) is 0 Å². The number of halogens is 1. The SMILES string of the molecule is COCCOCC(=O)NCC(Br)C(C)C. The summed E-state index contributed by atoms with van der Waals surface area (Å²) in [7, 11) is 1.60. The summed E-state index contributed by atoms with van der Waals surface area (Å²) in [5.41, 5.74) is 0. The minimum Gasteiger partial charge on any atom is -0.382 e. The molecule has 0 spiro atoms. The fourth-order valence-electron chi connectivity index (χ4n) is 0.805. The van der Waals surface area contributed by atoms with Crippen LogP contribution in [0.3, 0.4) is 0 Å². The number of methoxy groups -OCH3 is 1. The third kappa shape index (κ3) is 8.84. The summed E-state index contributed by atoms with van der Waals surface area (Å²) < 4.78 is 9.87. The maximum Gasteiger partial charge on any atom is 0.246 e. The molecule has 0 heterocycles. The predicted molar refractivity (Wildman–Crippen MR) is 63.3 cm³/mol. The minimum atomic E-state index is -0.0868. The smallest absolute Gasteiger partial charge is 0.246 e. The number of carbonyl (C=O) groups excluding carboxylic acids is 1. The lowest BCUT2D eigenvalue weighted by Gasteiger charge is -2.14. The third-order valence-corrected chi connectivity index (χ3v) is 3.26. The van der Waals surface area contributed by atoms with Gasteiger partial charge in [-0.2, -0.15) is 0 Å². The number of alkyl halides is 1. The van der Waals surface area contributed by atoms with Gasteiger partial charge >= 0.3 is 0 Å². The summed E-state index contributed by atoms with van der Waals surface area (Å²) in [5, 5.41) is 2.79. The molecule has 0 aromatic heterocycles. The van der Waals surface area contributed by atoms with Crippen LogP contribution < -0.4 is 5.32 Å². The van der Waals surface area contributed by atoms with E-state index in [1.54, 1.807) is 7.11 Å². The monoisotopic (exact) mass is 281 g/mol. The number of hydrogen-bond donors (Lipinski definition) is 1. The Morgan fingerprint density at radius 3 is 2.60 bits per heavy atom. The maximum absolute atomic E-state index is 11.2. The molecule has 15 heavy (non-hydrogen) atoms. The van der Waals surface area contributed by atoms with E-state index in [2.05, 4.69) is 35.1 Å². The van der Waals surface area contributed by atoms with Crippen LogP contribution in [0, 0.1) is 5.92 Å². The van der Waals surface area contributed by atoms with E-state index in [1.807, 2.05) is 0 Å². The standard InChI is InChI=1S/C10H20BrNO3/c1-8(2)9(11)6-12-10(13)7-15-5-4-14-3/h8-9H,4-7H2,1-3H3,(H,12,13). The molecule has 0 saturated heterocycles. The molecule has 0 radical (unpaired) electrons. The van der Waals surface area contributed by atoms with Gasteiger partial charge in [0.1, 0.15) is 6.61 Å². The zero-order chi connectivity index (χ0) is 11.7. The molecular formula is C10H20BrNO3. The van der Waals surface area contributed by atoms with Crippen molar-refractivity contribution in [2.24, 2.45) is 5.92 Å². The first-order chi connectivity index (χ1) is 7.07. The predicted octanol–water partition coefficient (Wildman–Crippen LogP) is 1.19. The first-order valence-electron chi connectivity index (χ1n) is 5.05. The number of carbonyl (C=O) groups is 1. The molecule has 4 nitrogen and oxygen atoms in total. The Kier molecular flexibility index (Phi) is 9.04. The average Bonchev–Trinajstić information content (AvgIpc) is 2.20. The highest BCUT2D eigenvalue weighted by Gasteiger charge is 2.10. The summed E-state index contributed by atoms with van der Waals surface area (Å²) in [5.74, 6) is 0.413. The minimum absolute atomic E-state index is 0.0868. The van der Waals surface area contributed by atoms with Gasteiger partial charge < -0.3 is 14.8 Å². The Morgan fingerprint density at radius 1 is 1.40 bits per heavy atom. The topological polar surface area (TPSA) is 47.6 Å². The normalized spacial score (nSPS) is 12.9. The van der Waals surface area contributed by atoms with E-state index in [0.717, 1.165) is 0 Å². The zero-order valence-corrected chi connectivity index (χ0v) is 11.2. The molecule has 0 bridgehead atoms. The molecule has 0 aromatic rings. The number of amides is 1. The van der Waals surface area contributed by atoms with E-state index < -0.39 is 0 Å².